The number of ether oxygens (including phenoxy) is 1. The zero-order valence-corrected chi connectivity index (χ0v) is 19.9. The Morgan fingerprint density at radius 3 is 2.52 bits per heavy atom. The van der Waals surface area contributed by atoms with Crippen molar-refractivity contribution in [3.8, 4) is 5.75 Å². The van der Waals surface area contributed by atoms with E-state index in [1.165, 1.54) is 4.90 Å². The lowest BCUT2D eigenvalue weighted by molar-refractivity contribution is -0.139. The Morgan fingerprint density at radius 2 is 1.91 bits per heavy atom. The van der Waals surface area contributed by atoms with Crippen molar-refractivity contribution < 1.29 is 19.4 Å². The molecule has 7 heteroatoms. The smallest absolute Gasteiger partial charge is 0.295 e. The molecule has 0 saturated carbocycles. The van der Waals surface area contributed by atoms with E-state index < -0.39 is 17.7 Å². The van der Waals surface area contributed by atoms with Crippen LogP contribution in [0.15, 0.2) is 60.7 Å². The van der Waals surface area contributed by atoms with Crippen LogP contribution in [0.2, 0.25) is 5.02 Å². The van der Waals surface area contributed by atoms with Crippen LogP contribution in [0.5, 0.6) is 5.75 Å². The summed E-state index contributed by atoms with van der Waals surface area (Å²) in [6.45, 7) is 6.97. The van der Waals surface area contributed by atoms with Crippen LogP contribution < -0.4 is 4.74 Å². The summed E-state index contributed by atoms with van der Waals surface area (Å²) in [6, 6.07) is 11.5. The number of aryl methyl sites for hydroxylation is 1. The first-order valence-corrected chi connectivity index (χ1v) is 11.2. The van der Waals surface area contributed by atoms with Gasteiger partial charge < -0.3 is 19.6 Å². The number of aliphatic hydroxyl groups is 1. The molecule has 2 aromatic carbocycles. The van der Waals surface area contributed by atoms with Crippen molar-refractivity contribution in [1.29, 1.82) is 0 Å². The SMILES string of the molecule is C=CCOc1ccc(C(O)=C2C(=O)C(=O)N(CCCN(C)C)C2c2ccc(Cl)cc2)c(C)c1. The molecule has 1 heterocycles. The maximum Gasteiger partial charge on any atom is 0.295 e. The monoisotopic (exact) mass is 468 g/mol. The van der Waals surface area contributed by atoms with E-state index in [1.54, 1.807) is 48.5 Å². The van der Waals surface area contributed by atoms with E-state index >= 15 is 0 Å². The van der Waals surface area contributed by atoms with E-state index in [-0.39, 0.29) is 11.3 Å². The second-order valence-electron chi connectivity index (χ2n) is 8.28. The molecule has 1 N–H and O–H groups in total. The maximum absolute atomic E-state index is 13.1. The molecule has 0 aliphatic carbocycles. The Balaban J connectivity index is 2.07. The van der Waals surface area contributed by atoms with Gasteiger partial charge in [-0.3, -0.25) is 9.59 Å². The summed E-state index contributed by atoms with van der Waals surface area (Å²) in [5.74, 6) is -0.874. The van der Waals surface area contributed by atoms with Gasteiger partial charge in [-0.05, 0) is 75.4 Å². The molecule has 1 fully saturated rings. The van der Waals surface area contributed by atoms with Gasteiger partial charge in [-0.15, -0.1) is 0 Å². The van der Waals surface area contributed by atoms with Gasteiger partial charge in [-0.1, -0.05) is 36.4 Å². The average Bonchev–Trinajstić information content (AvgIpc) is 3.02. The van der Waals surface area contributed by atoms with Crippen molar-refractivity contribution in [2.45, 2.75) is 19.4 Å². The number of likely N-dealkylation sites (tertiary alicyclic amines) is 1. The van der Waals surface area contributed by atoms with Crippen LogP contribution in [0.1, 0.15) is 29.2 Å². The van der Waals surface area contributed by atoms with Crippen LogP contribution in [0.4, 0.5) is 0 Å². The summed E-state index contributed by atoms with van der Waals surface area (Å²) < 4.78 is 5.56. The summed E-state index contributed by atoms with van der Waals surface area (Å²) in [5.41, 5.74) is 2.00. The number of aliphatic hydroxyl groups excluding tert-OH is 1. The number of hydrogen-bond acceptors (Lipinski definition) is 5. The van der Waals surface area contributed by atoms with Gasteiger partial charge in [0.15, 0.2) is 0 Å². The number of amides is 1. The minimum absolute atomic E-state index is 0.0787. The molecule has 6 nitrogen and oxygen atoms in total. The molecule has 1 aliphatic rings. The molecule has 0 radical (unpaired) electrons. The Morgan fingerprint density at radius 1 is 1.21 bits per heavy atom. The van der Waals surface area contributed by atoms with Crippen molar-refractivity contribution in [3.63, 3.8) is 0 Å². The van der Waals surface area contributed by atoms with E-state index in [0.717, 1.165) is 12.1 Å². The molecule has 0 spiro atoms. The summed E-state index contributed by atoms with van der Waals surface area (Å²) in [7, 11) is 3.91. The molecule has 2 aromatic rings. The van der Waals surface area contributed by atoms with Crippen LogP contribution in [0.25, 0.3) is 5.76 Å². The normalized spacial score (nSPS) is 17.6. The lowest BCUT2D eigenvalue weighted by Gasteiger charge is -2.26. The summed E-state index contributed by atoms with van der Waals surface area (Å²) in [6.07, 6.45) is 2.34. The highest BCUT2D eigenvalue weighted by molar-refractivity contribution is 6.46. The predicted octanol–water partition coefficient (Wildman–Crippen LogP) is 4.59. The molecular weight excluding hydrogens is 440 g/mol. The average molecular weight is 469 g/mol. The van der Waals surface area contributed by atoms with Crippen molar-refractivity contribution in [3.05, 3.63) is 82.4 Å². The third-order valence-electron chi connectivity index (χ3n) is 5.55. The molecule has 0 aromatic heterocycles. The highest BCUT2D eigenvalue weighted by Gasteiger charge is 2.45. The zero-order chi connectivity index (χ0) is 24.1. The number of benzene rings is 2. The number of rotatable bonds is 9. The van der Waals surface area contributed by atoms with E-state index in [0.29, 0.717) is 41.5 Å². The number of carbonyl (C=O) groups excluding carboxylic acids is 2. The lowest BCUT2D eigenvalue weighted by Crippen LogP contribution is -2.32. The second kappa shape index (κ2) is 10.7. The lowest BCUT2D eigenvalue weighted by atomic mass is 9.94. The Hall–Kier alpha value is -3.09. The highest BCUT2D eigenvalue weighted by atomic mass is 35.5. The largest absolute Gasteiger partial charge is 0.507 e. The molecule has 1 atom stereocenters. The molecule has 1 aliphatic heterocycles. The van der Waals surface area contributed by atoms with E-state index in [9.17, 15) is 14.7 Å². The van der Waals surface area contributed by atoms with Crippen LogP contribution >= 0.6 is 11.6 Å². The molecule has 174 valence electrons. The summed E-state index contributed by atoms with van der Waals surface area (Å²) >= 11 is 6.06. The molecule has 3 rings (SSSR count). The number of hydrogen-bond donors (Lipinski definition) is 1. The first-order valence-electron chi connectivity index (χ1n) is 10.8. The van der Waals surface area contributed by atoms with Gasteiger partial charge in [-0.2, -0.15) is 0 Å². The van der Waals surface area contributed by atoms with Gasteiger partial charge in [0.05, 0.1) is 11.6 Å². The number of ketones is 1. The number of halogens is 1. The fourth-order valence-electron chi connectivity index (χ4n) is 3.95. The minimum atomic E-state index is -0.694. The number of carbonyl (C=O) groups is 2. The van der Waals surface area contributed by atoms with Gasteiger partial charge in [-0.25, -0.2) is 0 Å². The molecule has 1 unspecified atom stereocenters. The Labute approximate surface area is 199 Å². The number of nitrogens with zero attached hydrogens (tertiary/aromatic N) is 2. The Kier molecular flexibility index (Phi) is 7.95. The van der Waals surface area contributed by atoms with Crippen LogP contribution in [-0.2, 0) is 9.59 Å². The standard InChI is InChI=1S/C26H29ClN2O4/c1-5-15-33-20-11-12-21(17(2)16-20)24(30)22-23(18-7-9-19(27)10-8-18)29(26(32)25(22)31)14-6-13-28(3)4/h5,7-12,16,23,30H,1,6,13-15H2,2-4H3. The van der Waals surface area contributed by atoms with Gasteiger partial charge in [0.25, 0.3) is 11.7 Å². The first kappa shape index (κ1) is 24.6. The molecule has 1 saturated heterocycles. The molecule has 1 amide bonds. The van der Waals surface area contributed by atoms with E-state index in [4.69, 9.17) is 16.3 Å². The van der Waals surface area contributed by atoms with Crippen LogP contribution in [0, 0.1) is 6.92 Å². The summed E-state index contributed by atoms with van der Waals surface area (Å²) in [5, 5.41) is 11.8. The van der Waals surface area contributed by atoms with Crippen LogP contribution in [-0.4, -0.2) is 60.4 Å². The van der Waals surface area contributed by atoms with Gasteiger partial charge in [0.2, 0.25) is 0 Å². The minimum Gasteiger partial charge on any atom is -0.507 e. The van der Waals surface area contributed by atoms with Gasteiger partial charge in [0, 0.05) is 17.1 Å². The fourth-order valence-corrected chi connectivity index (χ4v) is 4.08. The van der Waals surface area contributed by atoms with Crippen molar-refractivity contribution in [2.24, 2.45) is 0 Å². The molecule has 0 bridgehead atoms. The zero-order valence-electron chi connectivity index (χ0n) is 19.2. The first-order chi connectivity index (χ1) is 15.7. The van der Waals surface area contributed by atoms with E-state index in [2.05, 4.69) is 6.58 Å². The van der Waals surface area contributed by atoms with Crippen molar-refractivity contribution in [2.75, 3.05) is 33.8 Å². The van der Waals surface area contributed by atoms with Crippen molar-refractivity contribution >= 4 is 29.1 Å². The van der Waals surface area contributed by atoms with Gasteiger partial charge >= 0.3 is 0 Å². The third-order valence-corrected chi connectivity index (χ3v) is 5.80. The fraction of sp³-hybridized carbons (Fsp3) is 0.308. The number of Topliss-reactive ketones (excluding diaryl/α,β-unsaturated/α-hetero) is 1. The Bertz CT molecular complexity index is 1080. The topological polar surface area (TPSA) is 70.1 Å². The van der Waals surface area contributed by atoms with E-state index in [1.807, 2.05) is 25.9 Å². The maximum atomic E-state index is 13.1. The van der Waals surface area contributed by atoms with Gasteiger partial charge in [0.1, 0.15) is 18.1 Å². The second-order valence-corrected chi connectivity index (χ2v) is 8.71. The molecular formula is C26H29ClN2O4. The highest BCUT2D eigenvalue weighted by Crippen LogP contribution is 2.40. The van der Waals surface area contributed by atoms with Crippen LogP contribution in [0.3, 0.4) is 0 Å². The predicted molar refractivity (Wildman–Crippen MR) is 131 cm³/mol. The molecule has 33 heavy (non-hydrogen) atoms. The quantitative estimate of drug-likeness (QED) is 0.252. The van der Waals surface area contributed by atoms with Crippen molar-refractivity contribution in [1.82, 2.24) is 9.80 Å². The third kappa shape index (κ3) is 5.46. The summed E-state index contributed by atoms with van der Waals surface area (Å²) in [4.78, 5) is 29.7.